The average molecular weight is 393 g/mol. The monoisotopic (exact) mass is 393 g/mol. The Morgan fingerprint density at radius 1 is 1.24 bits per heavy atom. The van der Waals surface area contributed by atoms with Gasteiger partial charge in [0.25, 0.3) is 11.8 Å². The molecule has 1 aromatic carbocycles. The molecule has 8 nitrogen and oxygen atoms in total. The molecule has 0 saturated carbocycles. The number of aromatic amines is 1. The number of fused-ring (bicyclic) bond motifs is 1. The number of hydrogen-bond acceptors (Lipinski definition) is 4. The van der Waals surface area contributed by atoms with E-state index < -0.39 is 0 Å². The van der Waals surface area contributed by atoms with Crippen LogP contribution in [0.4, 0.5) is 0 Å². The molecule has 0 bridgehead atoms. The van der Waals surface area contributed by atoms with Gasteiger partial charge >= 0.3 is 0 Å². The first-order valence-corrected chi connectivity index (χ1v) is 9.69. The fourth-order valence-corrected chi connectivity index (χ4v) is 3.77. The van der Waals surface area contributed by atoms with Gasteiger partial charge in [-0.05, 0) is 24.8 Å². The minimum Gasteiger partial charge on any atom is -0.352 e. The molecule has 3 aromatic rings. The minimum absolute atomic E-state index is 0.120. The van der Waals surface area contributed by atoms with Gasteiger partial charge in [0.05, 0.1) is 17.3 Å². The molecule has 0 unspecified atom stereocenters. The molecule has 3 heterocycles. The van der Waals surface area contributed by atoms with Crippen molar-refractivity contribution in [3.8, 4) is 0 Å². The summed E-state index contributed by atoms with van der Waals surface area (Å²) in [5.74, 6) is 0.0623. The van der Waals surface area contributed by atoms with Crippen LogP contribution >= 0.6 is 0 Å². The number of carbonyl (C=O) groups is 2. The molecule has 0 aliphatic carbocycles. The fraction of sp³-hybridized carbons (Fsp3) is 0.333. The van der Waals surface area contributed by atoms with Crippen LogP contribution in [0, 0.1) is 5.92 Å². The molecular formula is C21H23N5O3. The lowest BCUT2D eigenvalue weighted by Gasteiger charge is -2.32. The normalized spacial score (nSPS) is 14.9. The lowest BCUT2D eigenvalue weighted by atomic mass is 9.96. The van der Waals surface area contributed by atoms with Crippen molar-refractivity contribution < 1.29 is 9.59 Å². The topological polar surface area (TPSA) is 100 Å². The van der Waals surface area contributed by atoms with E-state index in [9.17, 15) is 14.4 Å². The van der Waals surface area contributed by atoms with Gasteiger partial charge in [0.2, 0.25) is 5.56 Å². The second-order valence-corrected chi connectivity index (χ2v) is 7.44. The summed E-state index contributed by atoms with van der Waals surface area (Å²) in [5, 5.41) is 7.71. The summed E-state index contributed by atoms with van der Waals surface area (Å²) in [6, 6.07) is 8.71. The minimum atomic E-state index is -0.278. The fourth-order valence-electron chi connectivity index (χ4n) is 3.77. The summed E-state index contributed by atoms with van der Waals surface area (Å²) in [6.45, 7) is 1.78. The van der Waals surface area contributed by atoms with E-state index in [1.807, 2.05) is 18.2 Å². The van der Waals surface area contributed by atoms with Crippen LogP contribution in [0.25, 0.3) is 10.9 Å². The predicted molar refractivity (Wildman–Crippen MR) is 109 cm³/mol. The third-order valence-corrected chi connectivity index (χ3v) is 5.40. The van der Waals surface area contributed by atoms with Crippen molar-refractivity contribution in [2.75, 3.05) is 19.6 Å². The van der Waals surface area contributed by atoms with Crippen LogP contribution in [-0.4, -0.2) is 51.1 Å². The molecule has 2 N–H and O–H groups in total. The molecule has 0 spiro atoms. The Morgan fingerprint density at radius 2 is 2.00 bits per heavy atom. The number of H-pyrrole nitrogens is 1. The zero-order valence-corrected chi connectivity index (χ0v) is 16.2. The summed E-state index contributed by atoms with van der Waals surface area (Å²) in [5.41, 5.74) is 1.37. The summed E-state index contributed by atoms with van der Waals surface area (Å²) in [6.07, 6.45) is 4.84. The number of rotatable bonds is 4. The highest BCUT2D eigenvalue weighted by Crippen LogP contribution is 2.21. The Bertz CT molecular complexity index is 1110. The number of nitrogens with zero attached hydrogens (tertiary/aromatic N) is 3. The first kappa shape index (κ1) is 18.9. The number of benzene rings is 1. The highest BCUT2D eigenvalue weighted by molar-refractivity contribution is 6.06. The van der Waals surface area contributed by atoms with Crippen LogP contribution < -0.4 is 10.9 Å². The lowest BCUT2D eigenvalue weighted by Crippen LogP contribution is -2.41. The number of para-hydroxylation sites is 1. The molecule has 2 amide bonds. The lowest BCUT2D eigenvalue weighted by molar-refractivity contribution is 0.0686. The molecule has 0 radical (unpaired) electrons. The van der Waals surface area contributed by atoms with Gasteiger partial charge in [-0.3, -0.25) is 19.1 Å². The third kappa shape index (κ3) is 4.06. The van der Waals surface area contributed by atoms with Gasteiger partial charge in [-0.1, -0.05) is 18.2 Å². The van der Waals surface area contributed by atoms with Crippen molar-refractivity contribution in [1.29, 1.82) is 0 Å². The molecule has 0 atom stereocenters. The van der Waals surface area contributed by atoms with Crippen LogP contribution in [0.15, 0.2) is 47.5 Å². The first-order chi connectivity index (χ1) is 14.0. The number of amides is 2. The molecule has 150 valence electrons. The second-order valence-electron chi connectivity index (χ2n) is 7.44. The van der Waals surface area contributed by atoms with Crippen molar-refractivity contribution in [3.63, 3.8) is 0 Å². The van der Waals surface area contributed by atoms with Gasteiger partial charge in [0, 0.05) is 49.8 Å². The standard InChI is InChI=1S/C21H23N5O3/c1-25-13-15(12-23-25)20(28)22-11-14-6-8-26(9-7-14)21(29)17-10-19(27)24-18-5-3-2-4-16(17)18/h2-5,10,12-14H,6-9,11H2,1H3,(H,22,28)(H,24,27). The largest absolute Gasteiger partial charge is 0.352 e. The van der Waals surface area contributed by atoms with E-state index in [2.05, 4.69) is 15.4 Å². The molecule has 1 saturated heterocycles. The summed E-state index contributed by atoms with van der Waals surface area (Å²) in [4.78, 5) is 41.7. The van der Waals surface area contributed by atoms with Crippen LogP contribution in [0.1, 0.15) is 33.6 Å². The van der Waals surface area contributed by atoms with E-state index >= 15 is 0 Å². The SMILES string of the molecule is Cn1cc(C(=O)NCC2CCN(C(=O)c3cc(=O)[nH]c4ccccc34)CC2)cn1. The maximum atomic E-state index is 13.0. The van der Waals surface area contributed by atoms with Crippen LogP contribution in [0.5, 0.6) is 0 Å². The van der Waals surface area contributed by atoms with Gasteiger partial charge in [0.15, 0.2) is 0 Å². The molecular weight excluding hydrogens is 370 g/mol. The molecule has 1 aliphatic rings. The Kier molecular flexibility index (Phi) is 5.16. The molecule has 4 rings (SSSR count). The first-order valence-electron chi connectivity index (χ1n) is 9.69. The Labute approximate surface area is 167 Å². The van der Waals surface area contributed by atoms with Crippen molar-refractivity contribution in [2.24, 2.45) is 13.0 Å². The maximum absolute atomic E-state index is 13.0. The van der Waals surface area contributed by atoms with Crippen LogP contribution in [0.3, 0.4) is 0 Å². The van der Waals surface area contributed by atoms with Crippen LogP contribution in [0.2, 0.25) is 0 Å². The number of nitrogens with one attached hydrogen (secondary N) is 2. The Morgan fingerprint density at radius 3 is 2.72 bits per heavy atom. The summed E-state index contributed by atoms with van der Waals surface area (Å²) >= 11 is 0. The molecule has 1 aliphatic heterocycles. The van der Waals surface area contributed by atoms with Crippen molar-refractivity contribution in [1.82, 2.24) is 25.0 Å². The zero-order chi connectivity index (χ0) is 20.4. The number of carbonyl (C=O) groups excluding carboxylic acids is 2. The smallest absolute Gasteiger partial charge is 0.254 e. The second kappa shape index (κ2) is 7.90. The third-order valence-electron chi connectivity index (χ3n) is 5.40. The Hall–Kier alpha value is -3.42. The highest BCUT2D eigenvalue weighted by Gasteiger charge is 2.25. The van der Waals surface area contributed by atoms with Gasteiger partial charge in [-0.2, -0.15) is 5.10 Å². The number of piperidine rings is 1. The quantitative estimate of drug-likeness (QED) is 0.702. The van der Waals surface area contributed by atoms with E-state index in [1.54, 1.807) is 35.1 Å². The number of hydrogen-bond donors (Lipinski definition) is 2. The highest BCUT2D eigenvalue weighted by atomic mass is 16.2. The van der Waals surface area contributed by atoms with Crippen LogP contribution in [-0.2, 0) is 7.05 Å². The van der Waals surface area contributed by atoms with E-state index in [0.717, 1.165) is 18.2 Å². The predicted octanol–water partition coefficient (Wildman–Crippen LogP) is 1.54. The molecule has 8 heteroatoms. The van der Waals surface area contributed by atoms with Gasteiger partial charge in [-0.25, -0.2) is 0 Å². The summed E-state index contributed by atoms with van der Waals surface area (Å²) < 4.78 is 1.59. The number of aromatic nitrogens is 3. The van der Waals surface area contributed by atoms with E-state index in [1.165, 1.54) is 6.07 Å². The summed E-state index contributed by atoms with van der Waals surface area (Å²) in [7, 11) is 1.77. The molecule has 29 heavy (non-hydrogen) atoms. The van der Waals surface area contributed by atoms with Gasteiger partial charge in [0.1, 0.15) is 0 Å². The number of pyridine rings is 1. The van der Waals surface area contributed by atoms with Gasteiger partial charge < -0.3 is 15.2 Å². The van der Waals surface area contributed by atoms with E-state index in [-0.39, 0.29) is 17.4 Å². The van der Waals surface area contributed by atoms with Crippen molar-refractivity contribution in [3.05, 3.63) is 64.2 Å². The molecule has 1 fully saturated rings. The van der Waals surface area contributed by atoms with Crippen molar-refractivity contribution in [2.45, 2.75) is 12.8 Å². The van der Waals surface area contributed by atoms with Crippen molar-refractivity contribution >= 4 is 22.7 Å². The molecule has 2 aromatic heterocycles. The van der Waals surface area contributed by atoms with E-state index in [4.69, 9.17) is 0 Å². The van der Waals surface area contributed by atoms with E-state index in [0.29, 0.717) is 42.2 Å². The van der Waals surface area contributed by atoms with Gasteiger partial charge in [-0.15, -0.1) is 0 Å². The number of aryl methyl sites for hydroxylation is 1. The Balaban J connectivity index is 1.37. The zero-order valence-electron chi connectivity index (χ0n) is 16.2. The maximum Gasteiger partial charge on any atom is 0.254 e. The number of likely N-dealkylation sites (tertiary alicyclic amines) is 1. The average Bonchev–Trinajstić information content (AvgIpc) is 3.17.